The van der Waals surface area contributed by atoms with Crippen molar-refractivity contribution in [1.82, 2.24) is 15.5 Å². The molecule has 0 saturated heterocycles. The Labute approximate surface area is 183 Å². The van der Waals surface area contributed by atoms with Gasteiger partial charge >= 0.3 is 0 Å². The number of thiophene rings is 2. The highest BCUT2D eigenvalue weighted by molar-refractivity contribution is 7.13. The molecule has 4 aromatic rings. The van der Waals surface area contributed by atoms with Gasteiger partial charge in [0, 0.05) is 17.7 Å². The minimum atomic E-state index is -0.155. The quantitative estimate of drug-likeness (QED) is 0.367. The Bertz CT molecular complexity index is 1050. The average Bonchev–Trinajstić information content (AvgIpc) is 3.54. The average molecular weight is 438 g/mol. The van der Waals surface area contributed by atoms with E-state index < -0.39 is 0 Å². The lowest BCUT2D eigenvalue weighted by Crippen LogP contribution is -2.29. The van der Waals surface area contributed by atoms with E-state index >= 15 is 0 Å². The molecular formula is C23H23N3O2S2. The molecule has 1 unspecified atom stereocenters. The number of nitrogens with zero attached hydrogens (tertiary/aromatic N) is 2. The molecule has 1 amide bonds. The largest absolute Gasteiger partial charge is 0.344 e. The fourth-order valence-corrected chi connectivity index (χ4v) is 4.71. The topological polar surface area (TPSA) is 68.0 Å². The SMILES string of the molecule is CCCc1ccc(C(NC(=O)CCc2nc(-c3cccs3)no2)c2cccs2)cc1. The molecule has 7 heteroatoms. The van der Waals surface area contributed by atoms with Gasteiger partial charge in [0.05, 0.1) is 10.9 Å². The number of hydrogen-bond donors (Lipinski definition) is 1. The number of carbonyl (C=O) groups excluding carboxylic acids is 1. The fourth-order valence-electron chi connectivity index (χ4n) is 3.26. The Hall–Kier alpha value is -2.77. The summed E-state index contributed by atoms with van der Waals surface area (Å²) in [6, 6.07) is 16.3. The third-order valence-electron chi connectivity index (χ3n) is 4.76. The lowest BCUT2D eigenvalue weighted by atomic mass is 10.0. The van der Waals surface area contributed by atoms with Crippen LogP contribution in [-0.4, -0.2) is 16.0 Å². The van der Waals surface area contributed by atoms with Crippen molar-refractivity contribution < 1.29 is 9.32 Å². The molecule has 0 aliphatic heterocycles. The normalized spacial score (nSPS) is 12.0. The molecule has 0 spiro atoms. The van der Waals surface area contributed by atoms with Crippen molar-refractivity contribution in [3.8, 4) is 10.7 Å². The molecule has 1 atom stereocenters. The van der Waals surface area contributed by atoms with E-state index in [1.54, 1.807) is 22.7 Å². The molecule has 0 aliphatic carbocycles. The van der Waals surface area contributed by atoms with Gasteiger partial charge in [0.15, 0.2) is 0 Å². The van der Waals surface area contributed by atoms with Crippen molar-refractivity contribution in [2.24, 2.45) is 0 Å². The first kappa shape index (κ1) is 20.5. The molecule has 30 heavy (non-hydrogen) atoms. The standard InChI is InChI=1S/C23H23N3O2S2/c1-2-5-16-8-10-17(11-9-16)22(18-6-3-14-29-18)24-20(27)12-13-21-25-23(26-28-21)19-7-4-15-30-19/h3-4,6-11,14-15,22H,2,5,12-13H2,1H3,(H,24,27). The summed E-state index contributed by atoms with van der Waals surface area (Å²) in [6.45, 7) is 2.18. The molecule has 4 rings (SSSR count). The maximum atomic E-state index is 12.7. The van der Waals surface area contributed by atoms with Gasteiger partial charge in [0.2, 0.25) is 17.6 Å². The lowest BCUT2D eigenvalue weighted by Gasteiger charge is -2.18. The minimum Gasteiger partial charge on any atom is -0.344 e. The van der Waals surface area contributed by atoms with E-state index in [0.29, 0.717) is 24.6 Å². The number of rotatable bonds is 9. The molecule has 1 aromatic carbocycles. The van der Waals surface area contributed by atoms with Gasteiger partial charge in [0.25, 0.3) is 0 Å². The zero-order chi connectivity index (χ0) is 20.8. The lowest BCUT2D eigenvalue weighted by molar-refractivity contribution is -0.121. The Morgan fingerprint density at radius 2 is 1.87 bits per heavy atom. The summed E-state index contributed by atoms with van der Waals surface area (Å²) in [7, 11) is 0. The number of hydrogen-bond acceptors (Lipinski definition) is 6. The van der Waals surface area contributed by atoms with Gasteiger partial charge in [0.1, 0.15) is 0 Å². The van der Waals surface area contributed by atoms with Gasteiger partial charge in [-0.05, 0) is 40.4 Å². The smallest absolute Gasteiger partial charge is 0.227 e. The van der Waals surface area contributed by atoms with Gasteiger partial charge in [-0.25, -0.2) is 0 Å². The summed E-state index contributed by atoms with van der Waals surface area (Å²) in [5.41, 5.74) is 2.40. The second kappa shape index (κ2) is 9.82. The summed E-state index contributed by atoms with van der Waals surface area (Å²) in [5, 5.41) is 11.2. The summed E-state index contributed by atoms with van der Waals surface area (Å²) in [6.07, 6.45) is 2.89. The van der Waals surface area contributed by atoms with Crippen molar-refractivity contribution in [3.05, 3.63) is 81.2 Å². The Kier molecular flexibility index (Phi) is 6.71. The summed E-state index contributed by atoms with van der Waals surface area (Å²) >= 11 is 3.20. The van der Waals surface area contributed by atoms with Crippen molar-refractivity contribution in [3.63, 3.8) is 0 Å². The number of aryl methyl sites for hydroxylation is 2. The van der Waals surface area contributed by atoms with Crippen LogP contribution in [0.1, 0.15) is 47.7 Å². The number of nitrogens with one attached hydrogen (secondary N) is 1. The monoisotopic (exact) mass is 437 g/mol. The summed E-state index contributed by atoms with van der Waals surface area (Å²) in [5.74, 6) is 1.01. The maximum Gasteiger partial charge on any atom is 0.227 e. The fraction of sp³-hybridized carbons (Fsp3) is 0.261. The molecule has 0 bridgehead atoms. The highest BCUT2D eigenvalue weighted by Gasteiger charge is 2.19. The summed E-state index contributed by atoms with van der Waals surface area (Å²) in [4.78, 5) is 19.2. The molecule has 1 N–H and O–H groups in total. The van der Waals surface area contributed by atoms with Crippen LogP contribution < -0.4 is 5.32 Å². The van der Waals surface area contributed by atoms with E-state index in [4.69, 9.17) is 4.52 Å². The first-order valence-corrected chi connectivity index (χ1v) is 11.8. The minimum absolute atomic E-state index is 0.0399. The number of carbonyl (C=O) groups is 1. The molecule has 0 aliphatic rings. The first-order valence-electron chi connectivity index (χ1n) is 10.0. The predicted molar refractivity (Wildman–Crippen MR) is 121 cm³/mol. The van der Waals surface area contributed by atoms with Gasteiger partial charge in [-0.3, -0.25) is 4.79 Å². The summed E-state index contributed by atoms with van der Waals surface area (Å²) < 4.78 is 5.30. The van der Waals surface area contributed by atoms with Gasteiger partial charge in [-0.1, -0.05) is 54.9 Å². The number of aromatic nitrogens is 2. The zero-order valence-corrected chi connectivity index (χ0v) is 18.3. The highest BCUT2D eigenvalue weighted by Crippen LogP contribution is 2.27. The van der Waals surface area contributed by atoms with E-state index in [-0.39, 0.29) is 11.9 Å². The van der Waals surface area contributed by atoms with Crippen LogP contribution in [0.5, 0.6) is 0 Å². The molecule has 0 saturated carbocycles. The van der Waals surface area contributed by atoms with Crippen LogP contribution in [0.3, 0.4) is 0 Å². The Morgan fingerprint density at radius 1 is 1.07 bits per heavy atom. The Morgan fingerprint density at radius 3 is 2.57 bits per heavy atom. The molecule has 3 heterocycles. The third kappa shape index (κ3) is 5.04. The van der Waals surface area contributed by atoms with Crippen molar-refractivity contribution in [1.29, 1.82) is 0 Å². The number of amides is 1. The number of benzene rings is 1. The van der Waals surface area contributed by atoms with Crippen molar-refractivity contribution in [2.75, 3.05) is 0 Å². The van der Waals surface area contributed by atoms with Crippen LogP contribution in [0.25, 0.3) is 10.7 Å². The predicted octanol–water partition coefficient (Wildman–Crippen LogP) is 5.65. The van der Waals surface area contributed by atoms with Gasteiger partial charge in [-0.2, -0.15) is 4.98 Å². The van der Waals surface area contributed by atoms with Crippen LogP contribution in [0, 0.1) is 0 Å². The first-order chi connectivity index (χ1) is 14.7. The van der Waals surface area contributed by atoms with Crippen molar-refractivity contribution >= 4 is 28.6 Å². The molecular weight excluding hydrogens is 414 g/mol. The van der Waals surface area contributed by atoms with Gasteiger partial charge < -0.3 is 9.84 Å². The van der Waals surface area contributed by atoms with Crippen LogP contribution in [0.2, 0.25) is 0 Å². The van der Waals surface area contributed by atoms with E-state index in [1.165, 1.54) is 5.56 Å². The van der Waals surface area contributed by atoms with E-state index in [1.807, 2.05) is 29.0 Å². The second-order valence-corrected chi connectivity index (χ2v) is 8.92. The van der Waals surface area contributed by atoms with Crippen LogP contribution in [-0.2, 0) is 17.6 Å². The highest BCUT2D eigenvalue weighted by atomic mass is 32.1. The molecule has 0 fully saturated rings. The molecule has 3 aromatic heterocycles. The third-order valence-corrected chi connectivity index (χ3v) is 6.56. The second-order valence-electron chi connectivity index (χ2n) is 7.00. The molecule has 154 valence electrons. The molecule has 0 radical (unpaired) electrons. The van der Waals surface area contributed by atoms with E-state index in [2.05, 4.69) is 52.7 Å². The van der Waals surface area contributed by atoms with Crippen molar-refractivity contribution in [2.45, 2.75) is 38.6 Å². The van der Waals surface area contributed by atoms with Gasteiger partial charge in [-0.15, -0.1) is 22.7 Å². The van der Waals surface area contributed by atoms with E-state index in [0.717, 1.165) is 28.2 Å². The van der Waals surface area contributed by atoms with Crippen LogP contribution in [0.4, 0.5) is 0 Å². The van der Waals surface area contributed by atoms with Crippen LogP contribution in [0.15, 0.2) is 63.8 Å². The zero-order valence-electron chi connectivity index (χ0n) is 16.7. The molecule has 5 nitrogen and oxygen atoms in total. The van der Waals surface area contributed by atoms with Crippen LogP contribution >= 0.6 is 22.7 Å². The Balaban J connectivity index is 1.41. The van der Waals surface area contributed by atoms with E-state index in [9.17, 15) is 4.79 Å². The maximum absolute atomic E-state index is 12.7.